The van der Waals surface area contributed by atoms with Crippen molar-refractivity contribution in [3.05, 3.63) is 53.6 Å². The first-order valence-corrected chi connectivity index (χ1v) is 9.35. The average molecular weight is 323 g/mol. The molecule has 2 heteroatoms. The molecule has 2 aliphatic rings. The van der Waals surface area contributed by atoms with Crippen molar-refractivity contribution in [2.75, 3.05) is 5.32 Å². The molecule has 1 N–H and O–H groups in total. The number of hydrogen-bond donors (Lipinski definition) is 1. The van der Waals surface area contributed by atoms with Gasteiger partial charge in [-0.05, 0) is 81.4 Å². The van der Waals surface area contributed by atoms with Gasteiger partial charge in [0.25, 0.3) is 0 Å². The molecule has 1 aromatic carbocycles. The Bertz CT molecular complexity index is 619. The van der Waals surface area contributed by atoms with Gasteiger partial charge < -0.3 is 5.32 Å². The number of carbonyl (C=O) groups is 1. The van der Waals surface area contributed by atoms with Gasteiger partial charge in [-0.2, -0.15) is 0 Å². The highest BCUT2D eigenvalue weighted by atomic mass is 16.2. The third-order valence-corrected chi connectivity index (χ3v) is 5.45. The van der Waals surface area contributed by atoms with Crippen LogP contribution in [0.2, 0.25) is 0 Å². The number of allylic oxidation sites excluding steroid dienone is 4. The van der Waals surface area contributed by atoms with Gasteiger partial charge in [-0.15, -0.1) is 0 Å². The van der Waals surface area contributed by atoms with E-state index in [0.717, 1.165) is 49.8 Å². The molecule has 2 nitrogen and oxygen atoms in total. The van der Waals surface area contributed by atoms with E-state index in [1.165, 1.54) is 5.56 Å². The number of benzene rings is 1. The van der Waals surface area contributed by atoms with Crippen molar-refractivity contribution in [2.45, 2.75) is 52.4 Å². The lowest BCUT2D eigenvalue weighted by atomic mass is 10.1. The summed E-state index contributed by atoms with van der Waals surface area (Å²) in [6, 6.07) is 6.25. The summed E-state index contributed by atoms with van der Waals surface area (Å²) in [6.45, 7) is 4.12. The van der Waals surface area contributed by atoms with Crippen molar-refractivity contribution in [2.24, 2.45) is 17.8 Å². The quantitative estimate of drug-likeness (QED) is 0.708. The highest BCUT2D eigenvalue weighted by molar-refractivity contribution is 5.95. The third-order valence-electron chi connectivity index (χ3n) is 5.45. The molecule has 0 bridgehead atoms. The molecule has 0 saturated heterocycles. The predicted molar refractivity (Wildman–Crippen MR) is 101 cm³/mol. The van der Waals surface area contributed by atoms with Gasteiger partial charge in [0.1, 0.15) is 0 Å². The standard InChI is InChI=1S/C22H29NO/c1-16-13-14-17(2)20(15-16)23-22(24)21-18-11-9-7-5-3-4-6-8-10-12-19(18)21/h5-8,13-15,18-19,21H,3-4,9-12H2,1-2H3,(H,23,24). The maximum atomic E-state index is 12.8. The van der Waals surface area contributed by atoms with Crippen molar-refractivity contribution >= 4 is 11.6 Å². The molecule has 1 amide bonds. The smallest absolute Gasteiger partial charge is 0.228 e. The Kier molecular flexibility index (Phi) is 5.55. The maximum absolute atomic E-state index is 12.8. The van der Waals surface area contributed by atoms with Gasteiger partial charge in [0.05, 0.1) is 0 Å². The fourth-order valence-electron chi connectivity index (χ4n) is 3.95. The first kappa shape index (κ1) is 17.0. The van der Waals surface area contributed by atoms with E-state index >= 15 is 0 Å². The monoisotopic (exact) mass is 323 g/mol. The fourth-order valence-corrected chi connectivity index (χ4v) is 3.95. The van der Waals surface area contributed by atoms with Crippen molar-refractivity contribution < 1.29 is 4.79 Å². The van der Waals surface area contributed by atoms with Crippen molar-refractivity contribution in [3.63, 3.8) is 0 Å². The van der Waals surface area contributed by atoms with Crippen molar-refractivity contribution in [3.8, 4) is 0 Å². The van der Waals surface area contributed by atoms with E-state index in [1.54, 1.807) is 0 Å². The first-order valence-electron chi connectivity index (χ1n) is 9.35. The summed E-state index contributed by atoms with van der Waals surface area (Å²) in [5.74, 6) is 1.55. The highest BCUT2D eigenvalue weighted by Crippen LogP contribution is 2.52. The van der Waals surface area contributed by atoms with E-state index in [0.29, 0.717) is 11.8 Å². The molecule has 128 valence electrons. The van der Waals surface area contributed by atoms with E-state index in [2.05, 4.69) is 61.7 Å². The van der Waals surface area contributed by atoms with E-state index in [1.807, 2.05) is 0 Å². The fraction of sp³-hybridized carbons (Fsp3) is 0.500. The average Bonchev–Trinajstić information content (AvgIpc) is 3.23. The summed E-state index contributed by atoms with van der Waals surface area (Å²) < 4.78 is 0. The zero-order valence-electron chi connectivity index (χ0n) is 14.9. The Morgan fingerprint density at radius 2 is 1.50 bits per heavy atom. The molecular weight excluding hydrogens is 294 g/mol. The molecule has 2 unspecified atom stereocenters. The zero-order valence-corrected chi connectivity index (χ0v) is 14.9. The third kappa shape index (κ3) is 4.17. The van der Waals surface area contributed by atoms with Gasteiger partial charge in [0.2, 0.25) is 5.91 Å². The molecule has 1 aromatic rings. The van der Waals surface area contributed by atoms with Crippen molar-refractivity contribution in [1.29, 1.82) is 0 Å². The SMILES string of the molecule is Cc1ccc(C)c(NC(=O)C2C3CCC=CCCC=CCCC32)c1. The lowest BCUT2D eigenvalue weighted by molar-refractivity contribution is -0.117. The molecule has 0 heterocycles. The van der Waals surface area contributed by atoms with Crippen LogP contribution in [0.25, 0.3) is 0 Å². The van der Waals surface area contributed by atoms with Gasteiger partial charge >= 0.3 is 0 Å². The van der Waals surface area contributed by atoms with Crippen LogP contribution in [0.3, 0.4) is 0 Å². The molecule has 2 atom stereocenters. The summed E-state index contributed by atoms with van der Waals surface area (Å²) >= 11 is 0. The molecule has 24 heavy (non-hydrogen) atoms. The first-order chi connectivity index (χ1) is 11.7. The van der Waals surface area contributed by atoms with E-state index in [4.69, 9.17) is 0 Å². The van der Waals surface area contributed by atoms with Crippen LogP contribution in [-0.4, -0.2) is 5.91 Å². The largest absolute Gasteiger partial charge is 0.326 e. The molecule has 1 saturated carbocycles. The number of nitrogens with one attached hydrogen (secondary N) is 1. The van der Waals surface area contributed by atoms with Gasteiger partial charge in [-0.1, -0.05) is 36.4 Å². The second-order valence-electron chi connectivity index (χ2n) is 7.34. The molecule has 0 spiro atoms. The number of anilines is 1. The van der Waals surface area contributed by atoms with Crippen LogP contribution in [0, 0.1) is 31.6 Å². The second kappa shape index (κ2) is 7.83. The van der Waals surface area contributed by atoms with Crippen LogP contribution >= 0.6 is 0 Å². The molecule has 0 aromatic heterocycles. The van der Waals surface area contributed by atoms with Crippen LogP contribution in [0.1, 0.15) is 49.7 Å². The number of fused-ring (bicyclic) bond motifs is 1. The molecule has 2 aliphatic carbocycles. The summed E-state index contributed by atoms with van der Waals surface area (Å²) in [5, 5.41) is 3.19. The lowest BCUT2D eigenvalue weighted by Crippen LogP contribution is -2.16. The van der Waals surface area contributed by atoms with Gasteiger partial charge in [0.15, 0.2) is 0 Å². The van der Waals surface area contributed by atoms with Gasteiger partial charge in [0, 0.05) is 11.6 Å². The predicted octanol–water partition coefficient (Wildman–Crippen LogP) is 5.57. The minimum Gasteiger partial charge on any atom is -0.326 e. The Balaban J connectivity index is 1.65. The lowest BCUT2D eigenvalue weighted by Gasteiger charge is -2.09. The number of hydrogen-bond acceptors (Lipinski definition) is 1. The molecule has 3 rings (SSSR count). The van der Waals surface area contributed by atoms with E-state index < -0.39 is 0 Å². The minimum absolute atomic E-state index is 0.201. The number of amides is 1. The maximum Gasteiger partial charge on any atom is 0.228 e. The Morgan fingerprint density at radius 3 is 2.12 bits per heavy atom. The summed E-state index contributed by atoms with van der Waals surface area (Å²) in [7, 11) is 0. The highest BCUT2D eigenvalue weighted by Gasteiger charge is 2.52. The molecule has 0 radical (unpaired) electrons. The topological polar surface area (TPSA) is 29.1 Å². The number of carbonyl (C=O) groups excluding carboxylic acids is 1. The number of aryl methyl sites for hydroxylation is 2. The minimum atomic E-state index is 0.201. The molecule has 1 fully saturated rings. The van der Waals surface area contributed by atoms with Crippen LogP contribution < -0.4 is 5.32 Å². The van der Waals surface area contributed by atoms with Gasteiger partial charge in [-0.3, -0.25) is 4.79 Å². The summed E-state index contributed by atoms with van der Waals surface area (Å²) in [4.78, 5) is 12.8. The van der Waals surface area contributed by atoms with E-state index in [-0.39, 0.29) is 11.8 Å². The zero-order chi connectivity index (χ0) is 16.9. The number of rotatable bonds is 2. The second-order valence-corrected chi connectivity index (χ2v) is 7.34. The Labute approximate surface area is 146 Å². The Morgan fingerprint density at radius 1 is 0.917 bits per heavy atom. The van der Waals surface area contributed by atoms with Crippen LogP contribution in [-0.2, 0) is 4.79 Å². The van der Waals surface area contributed by atoms with Crippen LogP contribution in [0.5, 0.6) is 0 Å². The van der Waals surface area contributed by atoms with E-state index in [9.17, 15) is 4.79 Å². The normalized spacial score (nSPS) is 26.8. The molecule has 0 aliphatic heterocycles. The summed E-state index contributed by atoms with van der Waals surface area (Å²) in [5.41, 5.74) is 3.30. The van der Waals surface area contributed by atoms with Gasteiger partial charge in [-0.25, -0.2) is 0 Å². The Hall–Kier alpha value is -1.83. The van der Waals surface area contributed by atoms with Crippen LogP contribution in [0.4, 0.5) is 5.69 Å². The summed E-state index contributed by atoms with van der Waals surface area (Å²) in [6.07, 6.45) is 16.0. The molecular formula is C22H29NO. The van der Waals surface area contributed by atoms with Crippen molar-refractivity contribution in [1.82, 2.24) is 0 Å². The van der Waals surface area contributed by atoms with Crippen LogP contribution in [0.15, 0.2) is 42.5 Å².